The Labute approximate surface area is 109 Å². The number of thioether (sulfide) groups is 1. The Morgan fingerprint density at radius 2 is 2.33 bits per heavy atom. The van der Waals surface area contributed by atoms with Gasteiger partial charge in [0.25, 0.3) is 0 Å². The van der Waals surface area contributed by atoms with Gasteiger partial charge < -0.3 is 5.11 Å². The van der Waals surface area contributed by atoms with Crippen LogP contribution in [0.4, 0.5) is 4.39 Å². The second-order valence-electron chi connectivity index (χ2n) is 3.76. The molecule has 0 aliphatic heterocycles. The summed E-state index contributed by atoms with van der Waals surface area (Å²) in [6.07, 6.45) is 0.897. The quantitative estimate of drug-likeness (QED) is 0.844. The summed E-state index contributed by atoms with van der Waals surface area (Å²) >= 11 is 1.40. The Bertz CT molecular complexity index is 518. The van der Waals surface area contributed by atoms with Gasteiger partial charge in [-0.05, 0) is 25.1 Å². The second kappa shape index (κ2) is 5.97. The first kappa shape index (κ1) is 13.0. The molecule has 1 atom stereocenters. The van der Waals surface area contributed by atoms with E-state index in [1.807, 2.05) is 13.0 Å². The highest BCUT2D eigenvalue weighted by Gasteiger charge is 2.13. The molecule has 0 saturated carbocycles. The summed E-state index contributed by atoms with van der Waals surface area (Å²) in [4.78, 5) is 0.796. The number of hydrogen-bond acceptors (Lipinski definition) is 4. The normalized spacial score (nSPS) is 12.6. The van der Waals surface area contributed by atoms with Gasteiger partial charge in [-0.1, -0.05) is 11.3 Å². The summed E-state index contributed by atoms with van der Waals surface area (Å²) < 4.78 is 14.6. The fourth-order valence-electron chi connectivity index (χ4n) is 1.59. The summed E-state index contributed by atoms with van der Waals surface area (Å²) in [7, 11) is 0. The van der Waals surface area contributed by atoms with Gasteiger partial charge in [-0.15, -0.1) is 16.9 Å². The van der Waals surface area contributed by atoms with E-state index in [-0.39, 0.29) is 5.82 Å². The van der Waals surface area contributed by atoms with Crippen molar-refractivity contribution in [2.75, 3.05) is 5.75 Å². The third-order valence-electron chi connectivity index (χ3n) is 2.49. The Hall–Kier alpha value is -1.40. The van der Waals surface area contributed by atoms with Crippen molar-refractivity contribution in [3.63, 3.8) is 0 Å². The molecule has 1 aromatic carbocycles. The lowest BCUT2D eigenvalue weighted by atomic mass is 10.3. The van der Waals surface area contributed by atoms with Gasteiger partial charge in [0.2, 0.25) is 0 Å². The summed E-state index contributed by atoms with van der Waals surface area (Å²) in [5, 5.41) is 17.7. The molecule has 0 fully saturated rings. The number of hydrogen-bond donors (Lipinski definition) is 1. The van der Waals surface area contributed by atoms with Crippen LogP contribution in [0.1, 0.15) is 18.7 Å². The lowest BCUT2D eigenvalue weighted by Gasteiger charge is -2.10. The van der Waals surface area contributed by atoms with Crippen LogP contribution in [0.5, 0.6) is 0 Å². The van der Waals surface area contributed by atoms with Gasteiger partial charge in [-0.3, -0.25) is 0 Å². The zero-order valence-corrected chi connectivity index (χ0v) is 10.8. The minimum Gasteiger partial charge on any atom is -0.386 e. The molecule has 0 aliphatic rings. The van der Waals surface area contributed by atoms with E-state index in [2.05, 4.69) is 10.3 Å². The number of rotatable bonds is 5. The molecule has 1 aromatic heterocycles. The summed E-state index contributed by atoms with van der Waals surface area (Å²) in [5.41, 5.74) is 0.682. The van der Waals surface area contributed by atoms with E-state index in [9.17, 15) is 9.50 Å². The first-order chi connectivity index (χ1) is 8.70. The van der Waals surface area contributed by atoms with Crippen LogP contribution in [0.3, 0.4) is 0 Å². The van der Waals surface area contributed by atoms with E-state index < -0.39 is 6.10 Å². The number of halogens is 1. The highest BCUT2D eigenvalue weighted by Crippen LogP contribution is 2.24. The number of benzene rings is 1. The highest BCUT2D eigenvalue weighted by molar-refractivity contribution is 7.99. The second-order valence-corrected chi connectivity index (χ2v) is 4.85. The van der Waals surface area contributed by atoms with Gasteiger partial charge in [-0.25, -0.2) is 9.07 Å². The van der Waals surface area contributed by atoms with Crippen LogP contribution in [-0.2, 0) is 6.54 Å². The van der Waals surface area contributed by atoms with Crippen molar-refractivity contribution in [1.82, 2.24) is 15.0 Å². The van der Waals surface area contributed by atoms with E-state index >= 15 is 0 Å². The Morgan fingerprint density at radius 3 is 3.06 bits per heavy atom. The van der Waals surface area contributed by atoms with Crippen LogP contribution in [0, 0.1) is 5.82 Å². The smallest absolute Gasteiger partial charge is 0.124 e. The van der Waals surface area contributed by atoms with E-state index in [4.69, 9.17) is 0 Å². The monoisotopic (exact) mass is 267 g/mol. The van der Waals surface area contributed by atoms with Crippen LogP contribution in [0.2, 0.25) is 0 Å². The van der Waals surface area contributed by atoms with Gasteiger partial charge in [0.1, 0.15) is 11.9 Å². The zero-order chi connectivity index (χ0) is 13.0. The molecule has 0 radical (unpaired) electrons. The fourth-order valence-corrected chi connectivity index (χ4v) is 2.48. The molecule has 1 N–H and O–H groups in total. The first-order valence-corrected chi connectivity index (χ1v) is 6.64. The SMILES string of the molecule is CCn1nncc1C(O)CSc1cccc(F)c1. The Kier molecular flexibility index (Phi) is 4.33. The van der Waals surface area contributed by atoms with Crippen LogP contribution >= 0.6 is 11.8 Å². The fraction of sp³-hybridized carbons (Fsp3) is 0.333. The van der Waals surface area contributed by atoms with Gasteiger partial charge in [0.15, 0.2) is 0 Å². The maximum Gasteiger partial charge on any atom is 0.124 e. The van der Waals surface area contributed by atoms with Crippen LogP contribution in [0.15, 0.2) is 35.4 Å². The Balaban J connectivity index is 1.98. The van der Waals surface area contributed by atoms with Crippen molar-refractivity contribution < 1.29 is 9.50 Å². The van der Waals surface area contributed by atoms with Crippen molar-refractivity contribution in [2.45, 2.75) is 24.5 Å². The predicted octanol–water partition coefficient (Wildman–Crippen LogP) is 2.26. The molecule has 0 spiro atoms. The molecule has 0 saturated heterocycles. The molecule has 2 aromatic rings. The van der Waals surface area contributed by atoms with Crippen molar-refractivity contribution in [1.29, 1.82) is 0 Å². The van der Waals surface area contributed by atoms with E-state index in [1.54, 1.807) is 16.9 Å². The molecule has 0 amide bonds. The first-order valence-electron chi connectivity index (χ1n) is 5.65. The summed E-state index contributed by atoms with van der Waals surface area (Å²) in [5.74, 6) is 0.173. The predicted molar refractivity (Wildman–Crippen MR) is 67.8 cm³/mol. The largest absolute Gasteiger partial charge is 0.386 e. The molecule has 2 rings (SSSR count). The molecular formula is C12H14FN3OS. The van der Waals surface area contributed by atoms with Crippen molar-refractivity contribution in [2.24, 2.45) is 0 Å². The molecule has 0 aliphatic carbocycles. The van der Waals surface area contributed by atoms with Gasteiger partial charge in [0, 0.05) is 17.2 Å². The Morgan fingerprint density at radius 1 is 1.50 bits per heavy atom. The molecule has 18 heavy (non-hydrogen) atoms. The highest BCUT2D eigenvalue weighted by atomic mass is 32.2. The van der Waals surface area contributed by atoms with E-state index in [0.717, 1.165) is 4.90 Å². The lowest BCUT2D eigenvalue weighted by molar-refractivity contribution is 0.192. The zero-order valence-electron chi connectivity index (χ0n) is 9.95. The maximum absolute atomic E-state index is 13.0. The van der Waals surface area contributed by atoms with Gasteiger partial charge in [-0.2, -0.15) is 0 Å². The molecule has 6 heteroatoms. The van der Waals surface area contributed by atoms with Crippen LogP contribution < -0.4 is 0 Å². The van der Waals surface area contributed by atoms with Gasteiger partial charge in [0.05, 0.1) is 11.9 Å². The summed E-state index contributed by atoms with van der Waals surface area (Å²) in [6.45, 7) is 2.60. The maximum atomic E-state index is 13.0. The average molecular weight is 267 g/mol. The summed E-state index contributed by atoms with van der Waals surface area (Å²) in [6, 6.07) is 6.32. The van der Waals surface area contributed by atoms with Crippen LogP contribution in [-0.4, -0.2) is 25.9 Å². The average Bonchev–Trinajstić information content (AvgIpc) is 2.84. The molecular weight excluding hydrogens is 253 g/mol. The minimum absolute atomic E-state index is 0.269. The number of nitrogens with zero attached hydrogens (tertiary/aromatic N) is 3. The number of aromatic nitrogens is 3. The molecule has 1 unspecified atom stereocenters. The van der Waals surface area contributed by atoms with E-state index in [1.165, 1.54) is 23.9 Å². The molecule has 96 valence electrons. The van der Waals surface area contributed by atoms with Gasteiger partial charge >= 0.3 is 0 Å². The third kappa shape index (κ3) is 3.08. The third-order valence-corrected chi connectivity index (χ3v) is 3.56. The van der Waals surface area contributed by atoms with E-state index in [0.29, 0.717) is 18.0 Å². The lowest BCUT2D eigenvalue weighted by Crippen LogP contribution is -2.09. The van der Waals surface area contributed by atoms with Crippen molar-refractivity contribution >= 4 is 11.8 Å². The molecule has 0 bridgehead atoms. The minimum atomic E-state index is -0.659. The van der Waals surface area contributed by atoms with Crippen molar-refractivity contribution in [3.05, 3.63) is 42.0 Å². The molecule has 1 heterocycles. The molecule has 4 nitrogen and oxygen atoms in total. The number of aliphatic hydroxyl groups excluding tert-OH is 1. The topological polar surface area (TPSA) is 50.9 Å². The number of aliphatic hydroxyl groups is 1. The number of aryl methyl sites for hydroxylation is 1. The standard InChI is InChI=1S/C12H14FN3OS/c1-2-16-11(7-14-15-16)12(17)8-18-10-5-3-4-9(13)6-10/h3-7,12,17H,2,8H2,1H3. The van der Waals surface area contributed by atoms with Crippen LogP contribution in [0.25, 0.3) is 0 Å². The van der Waals surface area contributed by atoms with Crippen molar-refractivity contribution in [3.8, 4) is 0 Å².